The van der Waals surface area contributed by atoms with Gasteiger partial charge in [-0.2, -0.15) is 0 Å². The first-order valence-corrected chi connectivity index (χ1v) is 5.52. The summed E-state index contributed by atoms with van der Waals surface area (Å²) in [4.78, 5) is 44.4. The van der Waals surface area contributed by atoms with Gasteiger partial charge in [0.15, 0.2) is 0 Å². The molecular weight excluding hydrogens is 332 g/mol. The largest absolute Gasteiger partial charge is 3.00 e. The minimum Gasteiger partial charge on any atom is -0.480 e. The van der Waals surface area contributed by atoms with Gasteiger partial charge in [0, 0.05) is 13.1 Å². The zero-order valence-corrected chi connectivity index (χ0v) is 12.0. The third-order valence-corrected chi connectivity index (χ3v) is 2.17. The van der Waals surface area contributed by atoms with Crippen LogP contribution in [0.2, 0.25) is 0 Å². The summed E-state index contributed by atoms with van der Waals surface area (Å²) in [6.07, 6.45) is 0. The number of hydrogen-bond donors (Lipinski definition) is 4. The van der Waals surface area contributed by atoms with E-state index in [1.54, 1.807) is 0 Å². The average molecular weight is 348 g/mol. The van der Waals surface area contributed by atoms with E-state index in [9.17, 15) is 19.2 Å². The molecule has 0 fully saturated rings. The van der Waals surface area contributed by atoms with E-state index in [4.69, 9.17) is 20.4 Å². The van der Waals surface area contributed by atoms with Crippen LogP contribution in [-0.4, -0.2) is 93.4 Å². The first kappa shape index (κ1) is 21.6. The van der Waals surface area contributed by atoms with Crippen molar-refractivity contribution in [2.24, 2.45) is 0 Å². The molecule has 0 atom stereocenters. The van der Waals surface area contributed by atoms with Gasteiger partial charge in [-0.3, -0.25) is 29.0 Å². The van der Waals surface area contributed by atoms with Crippen molar-refractivity contribution in [1.29, 1.82) is 0 Å². The number of rotatable bonds is 11. The normalized spacial score (nSPS) is 10.2. The molecule has 0 saturated heterocycles. The van der Waals surface area contributed by atoms with Crippen LogP contribution in [0.1, 0.15) is 0 Å². The maximum atomic E-state index is 10.6. The molecule has 0 aromatic heterocycles. The Kier molecular flexibility index (Phi) is 11.4. The molecule has 0 amide bonds. The van der Waals surface area contributed by atoms with Crippen LogP contribution < -0.4 is 0 Å². The van der Waals surface area contributed by atoms with Gasteiger partial charge in [0.05, 0.1) is 26.2 Å². The van der Waals surface area contributed by atoms with Gasteiger partial charge in [-0.1, -0.05) is 0 Å². The van der Waals surface area contributed by atoms with Crippen molar-refractivity contribution >= 4 is 23.9 Å². The van der Waals surface area contributed by atoms with Crippen molar-refractivity contribution in [3.63, 3.8) is 0 Å². The number of carboxylic acid groups (broad SMARTS) is 4. The molecule has 0 aliphatic rings. The number of hydrogen-bond acceptors (Lipinski definition) is 6. The van der Waals surface area contributed by atoms with Gasteiger partial charge >= 0.3 is 40.9 Å². The zero-order valence-electron chi connectivity index (χ0n) is 10.9. The quantitative estimate of drug-likeness (QED) is 0.306. The smallest absolute Gasteiger partial charge is 0.480 e. The number of nitrogens with zero attached hydrogens (tertiary/aromatic N) is 2. The van der Waals surface area contributed by atoms with Crippen LogP contribution in [0.5, 0.6) is 0 Å². The summed E-state index contributed by atoms with van der Waals surface area (Å²) in [6, 6.07) is 0. The Morgan fingerprint density at radius 1 is 0.571 bits per heavy atom. The van der Waals surface area contributed by atoms with Crippen LogP contribution in [0.3, 0.4) is 0 Å². The Balaban J connectivity index is 0. The summed E-state index contributed by atoms with van der Waals surface area (Å²) in [5, 5.41) is 34.5. The van der Waals surface area contributed by atoms with Crippen LogP contribution in [-0.2, 0) is 36.2 Å². The topological polar surface area (TPSA) is 156 Å². The van der Waals surface area contributed by atoms with E-state index in [0.717, 1.165) is 9.80 Å². The number of carboxylic acids is 4. The Morgan fingerprint density at radius 2 is 0.762 bits per heavy atom. The fraction of sp³-hybridized carbons (Fsp3) is 0.600. The van der Waals surface area contributed by atoms with Crippen LogP contribution in [0.4, 0.5) is 0 Å². The molecule has 0 bridgehead atoms. The Bertz CT molecular complexity index is 321. The Morgan fingerprint density at radius 3 is 0.905 bits per heavy atom. The van der Waals surface area contributed by atoms with E-state index in [1.807, 2.05) is 0 Å². The first-order chi connectivity index (χ1) is 9.20. The predicted octanol–water partition coefficient (Wildman–Crippen LogP) is -2.07. The second-order valence-corrected chi connectivity index (χ2v) is 4.00. The van der Waals surface area contributed by atoms with Crippen LogP contribution >= 0.6 is 0 Å². The van der Waals surface area contributed by atoms with Crippen LogP contribution in [0.25, 0.3) is 0 Å². The van der Waals surface area contributed by atoms with E-state index in [0.29, 0.717) is 0 Å². The maximum Gasteiger partial charge on any atom is 3.00 e. The molecule has 0 saturated carbocycles. The third-order valence-electron chi connectivity index (χ3n) is 2.17. The molecule has 4 N–H and O–H groups in total. The first-order valence-electron chi connectivity index (χ1n) is 5.52. The van der Waals surface area contributed by atoms with Gasteiger partial charge in [0.25, 0.3) is 0 Å². The summed E-state index contributed by atoms with van der Waals surface area (Å²) in [6.45, 7) is -2.25. The van der Waals surface area contributed by atoms with Gasteiger partial charge in [0.1, 0.15) is 0 Å². The predicted molar refractivity (Wildman–Crippen MR) is 63.4 cm³/mol. The molecule has 0 aromatic rings. The molecule has 0 spiro atoms. The van der Waals surface area contributed by atoms with Gasteiger partial charge in [-0.15, -0.1) is 0 Å². The minimum absolute atomic E-state index is 0. The average Bonchev–Trinajstić information content (AvgIpc) is 2.22. The molecule has 1 radical (unpaired) electrons. The molecule has 119 valence electrons. The molecule has 21 heavy (non-hydrogen) atoms. The van der Waals surface area contributed by atoms with Gasteiger partial charge in [0.2, 0.25) is 0 Å². The monoisotopic (exact) mass is 348 g/mol. The Labute approximate surface area is 130 Å². The molecular formula is C10H16FeN2O8+3. The molecule has 0 rings (SSSR count). The second-order valence-electron chi connectivity index (χ2n) is 4.00. The molecule has 0 aromatic carbocycles. The van der Waals surface area contributed by atoms with Gasteiger partial charge in [-0.25, -0.2) is 0 Å². The molecule has 0 heterocycles. The standard InChI is InChI=1S/C10H16N2O8.Fe/c13-7(14)3-11(4-8(15)16)1-2-12(5-9(17)18)6-10(19)20;/h1-6H2,(H,13,14)(H,15,16)(H,17,18)(H,19,20);/q;+3. The molecule has 0 aliphatic heterocycles. The van der Waals surface area contributed by atoms with Gasteiger partial charge in [-0.05, 0) is 0 Å². The molecule has 10 nitrogen and oxygen atoms in total. The van der Waals surface area contributed by atoms with Gasteiger partial charge < -0.3 is 20.4 Å². The number of aliphatic carboxylic acids is 4. The third kappa shape index (κ3) is 13.1. The molecule has 0 unspecified atom stereocenters. The van der Waals surface area contributed by atoms with E-state index < -0.39 is 50.1 Å². The fourth-order valence-corrected chi connectivity index (χ4v) is 1.48. The summed E-state index contributed by atoms with van der Waals surface area (Å²) < 4.78 is 0. The molecule has 11 heteroatoms. The van der Waals surface area contributed by atoms with E-state index in [-0.39, 0.29) is 30.2 Å². The van der Waals surface area contributed by atoms with Crippen molar-refractivity contribution in [3.8, 4) is 0 Å². The van der Waals surface area contributed by atoms with Crippen molar-refractivity contribution < 1.29 is 56.7 Å². The van der Waals surface area contributed by atoms with Crippen LogP contribution in [0.15, 0.2) is 0 Å². The van der Waals surface area contributed by atoms with E-state index in [1.165, 1.54) is 0 Å². The van der Waals surface area contributed by atoms with E-state index in [2.05, 4.69) is 0 Å². The summed E-state index contributed by atoms with van der Waals surface area (Å²) in [5.74, 6) is -4.91. The van der Waals surface area contributed by atoms with E-state index >= 15 is 0 Å². The molecule has 0 aliphatic carbocycles. The van der Waals surface area contributed by atoms with Crippen LogP contribution in [0, 0.1) is 0 Å². The zero-order chi connectivity index (χ0) is 15.7. The Hall–Kier alpha value is -1.68. The van der Waals surface area contributed by atoms with Crippen molar-refractivity contribution in [3.05, 3.63) is 0 Å². The van der Waals surface area contributed by atoms with Crippen molar-refractivity contribution in [2.75, 3.05) is 39.3 Å². The second kappa shape index (κ2) is 11.0. The minimum atomic E-state index is -1.23. The maximum absolute atomic E-state index is 10.6. The SMILES string of the molecule is O=C(O)CN(CCN(CC(=O)O)CC(=O)O)CC(=O)O.[Fe+3]. The number of carbonyl (C=O) groups is 4. The van der Waals surface area contributed by atoms with Crippen molar-refractivity contribution in [1.82, 2.24) is 9.80 Å². The fourth-order valence-electron chi connectivity index (χ4n) is 1.48. The summed E-state index contributed by atoms with van der Waals surface area (Å²) in [7, 11) is 0. The summed E-state index contributed by atoms with van der Waals surface area (Å²) in [5.41, 5.74) is 0. The summed E-state index contributed by atoms with van der Waals surface area (Å²) >= 11 is 0. The van der Waals surface area contributed by atoms with Crippen molar-refractivity contribution in [2.45, 2.75) is 0 Å².